The van der Waals surface area contributed by atoms with Crippen LogP contribution in [0.15, 0.2) is 54.6 Å². The maximum absolute atomic E-state index is 11.8. The Morgan fingerprint density at radius 1 is 1.12 bits per heavy atom. The van der Waals surface area contributed by atoms with Crippen molar-refractivity contribution in [3.63, 3.8) is 0 Å². The summed E-state index contributed by atoms with van der Waals surface area (Å²) in [6.07, 6.45) is -0.972. The molecule has 0 aliphatic carbocycles. The fourth-order valence-corrected chi connectivity index (χ4v) is 1.98. The zero-order valence-electron chi connectivity index (χ0n) is 13.3. The van der Waals surface area contributed by atoms with Gasteiger partial charge in [-0.25, -0.2) is 9.59 Å². The molecule has 6 nitrogen and oxygen atoms in total. The largest absolute Gasteiger partial charge is 0.478 e. The second-order valence-electron chi connectivity index (χ2n) is 5.03. The standard InChI is InChI=1S/C18H19NO5/c1-2-16(23-15-10-6-9-14(11-15)17(20)21)24-18(22)19-12-13-7-4-3-5-8-13/h3-11,16H,2,12H2,1H3,(H,19,22)(H,20,21). The average molecular weight is 329 g/mol. The van der Waals surface area contributed by atoms with Gasteiger partial charge in [0.05, 0.1) is 5.56 Å². The first kappa shape index (κ1) is 17.3. The van der Waals surface area contributed by atoms with Crippen molar-refractivity contribution in [1.82, 2.24) is 5.32 Å². The third-order valence-corrected chi connectivity index (χ3v) is 3.20. The molecular weight excluding hydrogens is 310 g/mol. The third-order valence-electron chi connectivity index (χ3n) is 3.20. The van der Waals surface area contributed by atoms with E-state index in [1.54, 1.807) is 19.1 Å². The quantitative estimate of drug-likeness (QED) is 0.760. The number of rotatable bonds is 7. The van der Waals surface area contributed by atoms with Crippen molar-refractivity contribution in [3.8, 4) is 5.75 Å². The Balaban J connectivity index is 1.88. The maximum atomic E-state index is 11.8. The highest BCUT2D eigenvalue weighted by Crippen LogP contribution is 2.16. The number of hydrogen-bond acceptors (Lipinski definition) is 4. The molecule has 0 saturated carbocycles. The number of carbonyl (C=O) groups excluding carboxylic acids is 1. The smallest absolute Gasteiger partial charge is 0.410 e. The molecular formula is C18H19NO5. The Kier molecular flexibility index (Phi) is 6.19. The summed E-state index contributed by atoms with van der Waals surface area (Å²) < 4.78 is 10.7. The molecule has 2 rings (SSSR count). The molecule has 0 saturated heterocycles. The molecule has 0 aliphatic heterocycles. The monoisotopic (exact) mass is 329 g/mol. The highest BCUT2D eigenvalue weighted by molar-refractivity contribution is 5.88. The summed E-state index contributed by atoms with van der Waals surface area (Å²) in [7, 11) is 0. The highest BCUT2D eigenvalue weighted by atomic mass is 16.7. The molecule has 126 valence electrons. The van der Waals surface area contributed by atoms with Gasteiger partial charge in [0.2, 0.25) is 6.29 Å². The minimum atomic E-state index is -1.05. The Morgan fingerprint density at radius 2 is 1.88 bits per heavy atom. The van der Waals surface area contributed by atoms with Crippen LogP contribution in [0.5, 0.6) is 5.75 Å². The Hall–Kier alpha value is -3.02. The topological polar surface area (TPSA) is 84.9 Å². The van der Waals surface area contributed by atoms with E-state index in [4.69, 9.17) is 14.6 Å². The van der Waals surface area contributed by atoms with Gasteiger partial charge in [0.1, 0.15) is 5.75 Å². The van der Waals surface area contributed by atoms with E-state index in [0.29, 0.717) is 18.7 Å². The van der Waals surface area contributed by atoms with Gasteiger partial charge in [-0.3, -0.25) is 0 Å². The first-order valence-corrected chi connectivity index (χ1v) is 7.57. The maximum Gasteiger partial charge on any atom is 0.410 e. The van der Waals surface area contributed by atoms with Gasteiger partial charge in [0, 0.05) is 13.0 Å². The lowest BCUT2D eigenvalue weighted by Crippen LogP contribution is -2.31. The number of alkyl carbamates (subject to hydrolysis) is 1. The molecule has 0 aliphatic rings. The molecule has 0 radical (unpaired) electrons. The summed E-state index contributed by atoms with van der Waals surface area (Å²) in [4.78, 5) is 22.8. The molecule has 0 bridgehead atoms. The number of carbonyl (C=O) groups is 2. The average Bonchev–Trinajstić information content (AvgIpc) is 2.60. The fourth-order valence-electron chi connectivity index (χ4n) is 1.98. The molecule has 2 N–H and O–H groups in total. The lowest BCUT2D eigenvalue weighted by Gasteiger charge is -2.18. The van der Waals surface area contributed by atoms with Crippen LogP contribution in [0.3, 0.4) is 0 Å². The summed E-state index contributed by atoms with van der Waals surface area (Å²) in [5.41, 5.74) is 1.06. The van der Waals surface area contributed by atoms with Gasteiger partial charge in [-0.05, 0) is 23.8 Å². The van der Waals surface area contributed by atoms with Crippen molar-refractivity contribution in [3.05, 3.63) is 65.7 Å². The SMILES string of the molecule is CCC(OC(=O)NCc1ccccc1)Oc1cccc(C(=O)O)c1. The number of aromatic carboxylic acids is 1. The van der Waals surface area contributed by atoms with Crippen LogP contribution in [0, 0.1) is 0 Å². The number of benzene rings is 2. The minimum absolute atomic E-state index is 0.107. The van der Waals surface area contributed by atoms with Crippen molar-refractivity contribution < 1.29 is 24.2 Å². The van der Waals surface area contributed by atoms with Crippen LogP contribution in [-0.4, -0.2) is 23.5 Å². The molecule has 1 unspecified atom stereocenters. The van der Waals surface area contributed by atoms with E-state index in [-0.39, 0.29) is 5.56 Å². The van der Waals surface area contributed by atoms with E-state index in [1.165, 1.54) is 12.1 Å². The third kappa shape index (κ3) is 5.31. The second kappa shape index (κ2) is 8.57. The Bertz CT molecular complexity index is 687. The van der Waals surface area contributed by atoms with Crippen LogP contribution in [-0.2, 0) is 11.3 Å². The van der Waals surface area contributed by atoms with Crippen molar-refractivity contribution in [2.24, 2.45) is 0 Å². The molecule has 24 heavy (non-hydrogen) atoms. The molecule has 0 aromatic heterocycles. The van der Waals surface area contributed by atoms with E-state index < -0.39 is 18.4 Å². The molecule has 0 fully saturated rings. The molecule has 0 spiro atoms. The van der Waals surface area contributed by atoms with Gasteiger partial charge in [0.25, 0.3) is 0 Å². The predicted octanol–water partition coefficient (Wildman–Crippen LogP) is 3.43. The van der Waals surface area contributed by atoms with Gasteiger partial charge < -0.3 is 19.9 Å². The summed E-state index contributed by atoms with van der Waals surface area (Å²) in [5.74, 6) is -0.715. The van der Waals surface area contributed by atoms with Crippen molar-refractivity contribution in [2.75, 3.05) is 0 Å². The molecule has 1 atom stereocenters. The van der Waals surface area contributed by atoms with Gasteiger partial charge in [-0.15, -0.1) is 0 Å². The summed E-state index contributed by atoms with van der Waals surface area (Å²) in [5, 5.41) is 11.6. The van der Waals surface area contributed by atoms with Crippen molar-refractivity contribution in [2.45, 2.75) is 26.2 Å². The van der Waals surface area contributed by atoms with E-state index in [1.807, 2.05) is 30.3 Å². The van der Waals surface area contributed by atoms with E-state index in [2.05, 4.69) is 5.32 Å². The van der Waals surface area contributed by atoms with Crippen LogP contribution < -0.4 is 10.1 Å². The number of carboxylic acid groups (broad SMARTS) is 1. The fraction of sp³-hybridized carbons (Fsp3) is 0.222. The number of carboxylic acids is 1. The van der Waals surface area contributed by atoms with Crippen molar-refractivity contribution in [1.29, 1.82) is 0 Å². The van der Waals surface area contributed by atoms with Gasteiger partial charge in [-0.2, -0.15) is 0 Å². The molecule has 6 heteroatoms. The number of amides is 1. The molecule has 0 heterocycles. The van der Waals surface area contributed by atoms with E-state index in [0.717, 1.165) is 5.56 Å². The molecule has 2 aromatic carbocycles. The zero-order chi connectivity index (χ0) is 17.4. The lowest BCUT2D eigenvalue weighted by molar-refractivity contribution is -0.0342. The highest BCUT2D eigenvalue weighted by Gasteiger charge is 2.15. The van der Waals surface area contributed by atoms with Gasteiger partial charge in [-0.1, -0.05) is 43.3 Å². The van der Waals surface area contributed by atoms with Crippen molar-refractivity contribution >= 4 is 12.1 Å². The summed E-state index contributed by atoms with van der Waals surface area (Å²) in [6.45, 7) is 2.15. The Morgan fingerprint density at radius 3 is 2.54 bits per heavy atom. The first-order valence-electron chi connectivity index (χ1n) is 7.57. The van der Waals surface area contributed by atoms with E-state index in [9.17, 15) is 9.59 Å². The second-order valence-corrected chi connectivity index (χ2v) is 5.03. The zero-order valence-corrected chi connectivity index (χ0v) is 13.3. The minimum Gasteiger partial charge on any atom is -0.478 e. The van der Waals surface area contributed by atoms with Crippen LogP contribution in [0.1, 0.15) is 29.3 Å². The first-order chi connectivity index (χ1) is 11.6. The number of ether oxygens (including phenoxy) is 2. The Labute approximate surface area is 140 Å². The van der Waals surface area contributed by atoms with Gasteiger partial charge >= 0.3 is 12.1 Å². The summed E-state index contributed by atoms with van der Waals surface area (Å²) in [6, 6.07) is 15.5. The van der Waals surface area contributed by atoms with Crippen LogP contribution >= 0.6 is 0 Å². The number of nitrogens with one attached hydrogen (secondary N) is 1. The van der Waals surface area contributed by atoms with Crippen LogP contribution in [0.25, 0.3) is 0 Å². The predicted molar refractivity (Wildman–Crippen MR) is 87.9 cm³/mol. The van der Waals surface area contributed by atoms with Crippen LogP contribution in [0.2, 0.25) is 0 Å². The molecule has 2 aromatic rings. The van der Waals surface area contributed by atoms with Gasteiger partial charge in [0.15, 0.2) is 0 Å². The summed E-state index contributed by atoms with van der Waals surface area (Å²) >= 11 is 0. The lowest BCUT2D eigenvalue weighted by atomic mass is 10.2. The van der Waals surface area contributed by atoms with E-state index >= 15 is 0 Å². The van der Waals surface area contributed by atoms with Crippen LogP contribution in [0.4, 0.5) is 4.79 Å². The number of hydrogen-bond donors (Lipinski definition) is 2. The normalized spacial score (nSPS) is 11.4. The molecule has 1 amide bonds.